The number of benzene rings is 2. The molecular formula is C24H27N3O5S. The summed E-state index contributed by atoms with van der Waals surface area (Å²) in [7, 11) is -2.24. The molecule has 0 unspecified atom stereocenters. The monoisotopic (exact) mass is 469 g/mol. The van der Waals surface area contributed by atoms with Gasteiger partial charge in [0.25, 0.3) is 0 Å². The summed E-state index contributed by atoms with van der Waals surface area (Å²) in [6, 6.07) is 14.1. The van der Waals surface area contributed by atoms with E-state index in [-0.39, 0.29) is 29.8 Å². The van der Waals surface area contributed by atoms with Crippen LogP contribution < -0.4 is 4.90 Å². The second-order valence-corrected chi connectivity index (χ2v) is 10.9. The van der Waals surface area contributed by atoms with Crippen molar-refractivity contribution in [3.63, 3.8) is 0 Å². The van der Waals surface area contributed by atoms with Gasteiger partial charge in [-0.25, -0.2) is 8.42 Å². The molecule has 9 heteroatoms. The van der Waals surface area contributed by atoms with Gasteiger partial charge in [0.1, 0.15) is 5.41 Å². The first-order valence-electron chi connectivity index (χ1n) is 11.1. The molecule has 2 aromatic rings. The van der Waals surface area contributed by atoms with Gasteiger partial charge in [0, 0.05) is 44.8 Å². The fourth-order valence-electron chi connectivity index (χ4n) is 5.29. The minimum atomic E-state index is -3.89. The molecule has 33 heavy (non-hydrogen) atoms. The van der Waals surface area contributed by atoms with Crippen molar-refractivity contribution in [2.24, 2.45) is 5.41 Å². The lowest BCUT2D eigenvalue weighted by atomic mass is 9.69. The van der Waals surface area contributed by atoms with E-state index in [2.05, 4.69) is 0 Å². The van der Waals surface area contributed by atoms with Crippen molar-refractivity contribution in [2.45, 2.75) is 17.7 Å². The number of hydrogen-bond donors (Lipinski definition) is 0. The maximum atomic E-state index is 14.0. The van der Waals surface area contributed by atoms with Gasteiger partial charge in [-0.3, -0.25) is 9.59 Å². The number of ether oxygens (including phenoxy) is 1. The van der Waals surface area contributed by atoms with Crippen LogP contribution in [-0.4, -0.2) is 75.9 Å². The van der Waals surface area contributed by atoms with Gasteiger partial charge in [0.05, 0.1) is 18.1 Å². The highest BCUT2D eigenvalue weighted by Crippen LogP contribution is 2.53. The number of rotatable bonds is 3. The third-order valence-corrected chi connectivity index (χ3v) is 8.93. The third-order valence-electron chi connectivity index (χ3n) is 7.11. The maximum Gasteiger partial charge on any atom is 0.244 e. The number of para-hydroxylation sites is 1. The number of carbonyl (C=O) groups excluding carboxylic acids is 2. The maximum absolute atomic E-state index is 14.0. The summed E-state index contributed by atoms with van der Waals surface area (Å²) in [4.78, 5) is 31.2. The third kappa shape index (κ3) is 3.29. The number of hydrogen-bond acceptors (Lipinski definition) is 5. The summed E-state index contributed by atoms with van der Waals surface area (Å²) in [6.07, 6.45) is 0. The summed E-state index contributed by atoms with van der Waals surface area (Å²) in [5, 5.41) is 0. The Bertz CT molecular complexity index is 1210. The second kappa shape index (κ2) is 7.93. The van der Waals surface area contributed by atoms with Crippen molar-refractivity contribution in [3.05, 3.63) is 59.7 Å². The summed E-state index contributed by atoms with van der Waals surface area (Å²) < 4.78 is 33.9. The van der Waals surface area contributed by atoms with Crippen LogP contribution in [0.25, 0.3) is 0 Å². The Kier molecular flexibility index (Phi) is 5.30. The molecular weight excluding hydrogens is 442 g/mol. The Morgan fingerprint density at radius 3 is 2.42 bits per heavy atom. The molecule has 0 aromatic heterocycles. The number of carbonyl (C=O) groups is 2. The predicted molar refractivity (Wildman–Crippen MR) is 122 cm³/mol. The van der Waals surface area contributed by atoms with Crippen LogP contribution in [0.5, 0.6) is 0 Å². The standard InChI is InChI=1S/C24H27N3O5S/c1-17-7-9-18(10-8-17)33(30,31)27-15-20-19-5-3-4-6-21(19)25(2)22(28)24(20,16-27)23(29)26-11-13-32-14-12-26/h3-10,20H,11-16H2,1-2H3/t20-,24+/m0/s1. The molecule has 2 fully saturated rings. The van der Waals surface area contributed by atoms with Crippen LogP contribution >= 0.6 is 0 Å². The van der Waals surface area contributed by atoms with Gasteiger partial charge in [-0.1, -0.05) is 35.9 Å². The van der Waals surface area contributed by atoms with Crippen molar-refractivity contribution in [3.8, 4) is 0 Å². The number of anilines is 1. The fourth-order valence-corrected chi connectivity index (χ4v) is 6.79. The van der Waals surface area contributed by atoms with E-state index in [0.717, 1.165) is 11.1 Å². The molecule has 0 spiro atoms. The van der Waals surface area contributed by atoms with E-state index in [1.165, 1.54) is 9.21 Å². The largest absolute Gasteiger partial charge is 0.378 e. The number of amides is 2. The molecule has 2 aromatic carbocycles. The van der Waals surface area contributed by atoms with Crippen LogP contribution in [0.15, 0.2) is 53.4 Å². The number of nitrogens with zero attached hydrogens (tertiary/aromatic N) is 3. The van der Waals surface area contributed by atoms with E-state index in [1.54, 1.807) is 36.2 Å². The van der Waals surface area contributed by atoms with E-state index in [1.807, 2.05) is 31.2 Å². The quantitative estimate of drug-likeness (QED) is 0.638. The normalized spacial score (nSPS) is 25.6. The van der Waals surface area contributed by atoms with Crippen molar-refractivity contribution in [1.29, 1.82) is 0 Å². The van der Waals surface area contributed by atoms with Gasteiger partial charge in [-0.2, -0.15) is 4.31 Å². The van der Waals surface area contributed by atoms with Gasteiger partial charge in [-0.05, 0) is 30.7 Å². The molecule has 0 saturated carbocycles. The minimum Gasteiger partial charge on any atom is -0.378 e. The van der Waals surface area contributed by atoms with Crippen LogP contribution in [0.3, 0.4) is 0 Å². The lowest BCUT2D eigenvalue weighted by molar-refractivity contribution is -0.153. The van der Waals surface area contributed by atoms with Crippen molar-refractivity contribution < 1.29 is 22.7 Å². The predicted octanol–water partition coefficient (Wildman–Crippen LogP) is 1.60. The van der Waals surface area contributed by atoms with E-state index < -0.39 is 21.4 Å². The zero-order valence-corrected chi connectivity index (χ0v) is 19.5. The molecule has 3 aliphatic heterocycles. The van der Waals surface area contributed by atoms with Crippen LogP contribution in [0.1, 0.15) is 17.0 Å². The molecule has 0 radical (unpaired) electrons. The van der Waals surface area contributed by atoms with Crippen LogP contribution in [-0.2, 0) is 24.3 Å². The highest BCUT2D eigenvalue weighted by Gasteiger charge is 2.64. The number of aryl methyl sites for hydroxylation is 1. The summed E-state index contributed by atoms with van der Waals surface area (Å²) >= 11 is 0. The Labute approximate surface area is 193 Å². The number of fused-ring (bicyclic) bond motifs is 3. The SMILES string of the molecule is Cc1ccc(S(=O)(=O)N2C[C@H]3c4ccccc4N(C)C(=O)[C@@]3(C(=O)N3CCOCC3)C2)cc1. The number of sulfonamides is 1. The molecule has 0 aliphatic carbocycles. The van der Waals surface area contributed by atoms with Crippen LogP contribution in [0, 0.1) is 12.3 Å². The molecule has 174 valence electrons. The zero-order chi connectivity index (χ0) is 23.4. The molecule has 8 nitrogen and oxygen atoms in total. The lowest BCUT2D eigenvalue weighted by Crippen LogP contribution is -2.60. The number of morpholine rings is 1. The Morgan fingerprint density at radius 1 is 1.06 bits per heavy atom. The van der Waals surface area contributed by atoms with E-state index in [0.29, 0.717) is 32.0 Å². The average Bonchev–Trinajstić information content (AvgIpc) is 3.26. The topological polar surface area (TPSA) is 87.2 Å². The summed E-state index contributed by atoms with van der Waals surface area (Å²) in [6.45, 7) is 3.36. The van der Waals surface area contributed by atoms with Crippen LogP contribution in [0.4, 0.5) is 5.69 Å². The Hall–Kier alpha value is -2.75. The first-order chi connectivity index (χ1) is 15.8. The first-order valence-corrected chi connectivity index (χ1v) is 12.5. The average molecular weight is 470 g/mol. The molecule has 3 heterocycles. The van der Waals surface area contributed by atoms with Crippen molar-refractivity contribution in [1.82, 2.24) is 9.21 Å². The second-order valence-electron chi connectivity index (χ2n) is 8.96. The fraction of sp³-hybridized carbons (Fsp3) is 0.417. The van der Waals surface area contributed by atoms with Gasteiger partial charge < -0.3 is 14.5 Å². The van der Waals surface area contributed by atoms with Gasteiger partial charge in [0.2, 0.25) is 21.8 Å². The Morgan fingerprint density at radius 2 is 1.73 bits per heavy atom. The van der Waals surface area contributed by atoms with Gasteiger partial charge in [-0.15, -0.1) is 0 Å². The van der Waals surface area contributed by atoms with E-state index in [4.69, 9.17) is 4.74 Å². The minimum absolute atomic E-state index is 0.0723. The first kappa shape index (κ1) is 22.1. The van der Waals surface area contributed by atoms with Gasteiger partial charge >= 0.3 is 0 Å². The Balaban J connectivity index is 1.63. The molecule has 3 aliphatic rings. The highest BCUT2D eigenvalue weighted by molar-refractivity contribution is 7.89. The molecule has 2 atom stereocenters. The summed E-state index contributed by atoms with van der Waals surface area (Å²) in [5.74, 6) is -1.24. The molecule has 2 amide bonds. The van der Waals surface area contributed by atoms with Crippen molar-refractivity contribution in [2.75, 3.05) is 51.3 Å². The molecule has 2 saturated heterocycles. The van der Waals surface area contributed by atoms with Crippen molar-refractivity contribution >= 4 is 27.5 Å². The van der Waals surface area contributed by atoms with E-state index in [9.17, 15) is 18.0 Å². The lowest BCUT2D eigenvalue weighted by Gasteiger charge is -2.44. The molecule has 0 N–H and O–H groups in total. The highest BCUT2D eigenvalue weighted by atomic mass is 32.2. The van der Waals surface area contributed by atoms with Gasteiger partial charge in [0.15, 0.2) is 0 Å². The molecule has 5 rings (SSSR count). The molecule has 0 bridgehead atoms. The summed E-state index contributed by atoms with van der Waals surface area (Å²) in [5.41, 5.74) is 0.988. The zero-order valence-electron chi connectivity index (χ0n) is 18.7. The smallest absolute Gasteiger partial charge is 0.244 e. The van der Waals surface area contributed by atoms with E-state index >= 15 is 0 Å². The van der Waals surface area contributed by atoms with Crippen LogP contribution in [0.2, 0.25) is 0 Å².